The van der Waals surface area contributed by atoms with Crippen LogP contribution >= 0.6 is 0 Å². The maximum atomic E-state index is 14.7. The van der Waals surface area contributed by atoms with Crippen LogP contribution in [0.3, 0.4) is 0 Å². The van der Waals surface area contributed by atoms with Crippen LogP contribution in [0.1, 0.15) is 50.9 Å². The number of amides is 1. The number of halogens is 1. The van der Waals surface area contributed by atoms with Crippen LogP contribution in [0.15, 0.2) is 24.4 Å². The van der Waals surface area contributed by atoms with Gasteiger partial charge in [0.05, 0.1) is 11.8 Å². The summed E-state index contributed by atoms with van der Waals surface area (Å²) in [6.07, 6.45) is 2.91. The molecule has 1 aromatic heterocycles. The summed E-state index contributed by atoms with van der Waals surface area (Å²) in [7, 11) is 5.87. The normalized spacial score (nSPS) is 20.5. The Morgan fingerprint density at radius 2 is 1.70 bits per heavy atom. The second kappa shape index (κ2) is 10.4. The van der Waals surface area contributed by atoms with Crippen LogP contribution in [0.2, 0.25) is 0 Å². The summed E-state index contributed by atoms with van der Waals surface area (Å²) < 4.78 is 14.7. The SMILES string of the molecule is CNC(=O)c1cc(Nc2ncc(F)c(NC3CC(C)(C)N(C)C(C)(C)C3)n2)ccc1N1CCN(C)CC1. The molecular formula is C27H41FN8O. The van der Waals surface area contributed by atoms with E-state index >= 15 is 0 Å². The average molecular weight is 513 g/mol. The molecule has 1 amide bonds. The number of likely N-dealkylation sites (N-methyl/N-ethyl adjacent to an activating group) is 1. The van der Waals surface area contributed by atoms with Crippen molar-refractivity contribution in [2.45, 2.75) is 57.7 Å². The molecule has 0 atom stereocenters. The fourth-order valence-corrected chi connectivity index (χ4v) is 5.58. The van der Waals surface area contributed by atoms with E-state index in [9.17, 15) is 9.18 Å². The highest BCUT2D eigenvalue weighted by molar-refractivity contribution is 6.00. The van der Waals surface area contributed by atoms with Crippen LogP contribution in [0, 0.1) is 5.82 Å². The summed E-state index contributed by atoms with van der Waals surface area (Å²) >= 11 is 0. The van der Waals surface area contributed by atoms with Gasteiger partial charge < -0.3 is 25.8 Å². The van der Waals surface area contributed by atoms with Gasteiger partial charge in [-0.25, -0.2) is 9.37 Å². The number of piperidine rings is 1. The molecule has 0 bridgehead atoms. The van der Waals surface area contributed by atoms with Gasteiger partial charge >= 0.3 is 0 Å². The molecule has 3 N–H and O–H groups in total. The molecule has 2 aliphatic heterocycles. The Morgan fingerprint density at radius 3 is 2.32 bits per heavy atom. The van der Waals surface area contributed by atoms with Crippen molar-refractivity contribution in [3.63, 3.8) is 0 Å². The summed E-state index contributed by atoms with van der Waals surface area (Å²) in [5.41, 5.74) is 2.06. The predicted octanol–water partition coefficient (Wildman–Crippen LogP) is 3.53. The lowest BCUT2D eigenvalue weighted by atomic mass is 9.77. The molecule has 37 heavy (non-hydrogen) atoms. The fourth-order valence-electron chi connectivity index (χ4n) is 5.58. The molecule has 202 valence electrons. The number of rotatable bonds is 6. The first-order valence-electron chi connectivity index (χ1n) is 13.0. The van der Waals surface area contributed by atoms with Gasteiger partial charge in [-0.2, -0.15) is 4.98 Å². The molecule has 0 spiro atoms. The Kier molecular flexibility index (Phi) is 7.62. The molecule has 4 rings (SSSR count). The van der Waals surface area contributed by atoms with Crippen LogP contribution < -0.4 is 20.9 Å². The number of piperazine rings is 1. The van der Waals surface area contributed by atoms with E-state index in [2.05, 4.69) is 82.4 Å². The number of aromatic nitrogens is 2. The van der Waals surface area contributed by atoms with Gasteiger partial charge in [-0.15, -0.1) is 0 Å². The van der Waals surface area contributed by atoms with Gasteiger partial charge in [0.1, 0.15) is 0 Å². The van der Waals surface area contributed by atoms with Crippen molar-refractivity contribution in [3.8, 4) is 0 Å². The molecule has 10 heteroatoms. The minimum atomic E-state index is -0.489. The first-order valence-corrected chi connectivity index (χ1v) is 13.0. The molecular weight excluding hydrogens is 471 g/mol. The van der Waals surface area contributed by atoms with Crippen LogP contribution in [-0.4, -0.2) is 90.1 Å². The van der Waals surface area contributed by atoms with Crippen molar-refractivity contribution in [1.82, 2.24) is 25.1 Å². The van der Waals surface area contributed by atoms with E-state index in [-0.39, 0.29) is 34.8 Å². The maximum absolute atomic E-state index is 14.7. The number of carbonyl (C=O) groups is 1. The maximum Gasteiger partial charge on any atom is 0.253 e. The fraction of sp³-hybridized carbons (Fsp3) is 0.593. The standard InChI is InChI=1S/C27H41FN8O/c1-26(2)15-19(16-27(3,4)35(26)7)31-23-21(28)17-30-25(33-23)32-18-8-9-22(20(14-18)24(37)29-5)36-12-10-34(6)11-13-36/h8-9,14,17,19H,10-13,15-16H2,1-7H3,(H,29,37)(H2,30,31,32,33). The second-order valence-corrected chi connectivity index (χ2v) is 11.5. The Hall–Kier alpha value is -2.98. The van der Waals surface area contributed by atoms with Crippen LogP contribution in [0.4, 0.5) is 27.5 Å². The Bertz CT molecular complexity index is 1110. The largest absolute Gasteiger partial charge is 0.368 e. The van der Waals surface area contributed by atoms with E-state index in [1.165, 1.54) is 6.20 Å². The topological polar surface area (TPSA) is 88.7 Å². The van der Waals surface area contributed by atoms with Crippen LogP contribution in [-0.2, 0) is 0 Å². The van der Waals surface area contributed by atoms with Gasteiger partial charge in [0.25, 0.3) is 5.91 Å². The van der Waals surface area contributed by atoms with Crippen molar-refractivity contribution < 1.29 is 9.18 Å². The van der Waals surface area contributed by atoms with Gasteiger partial charge in [0.2, 0.25) is 5.95 Å². The monoisotopic (exact) mass is 512 g/mol. The third-order valence-electron chi connectivity index (χ3n) is 7.96. The molecule has 2 aliphatic rings. The van der Waals surface area contributed by atoms with Crippen molar-refractivity contribution in [3.05, 3.63) is 35.8 Å². The molecule has 2 fully saturated rings. The number of hydrogen-bond acceptors (Lipinski definition) is 8. The zero-order chi connectivity index (χ0) is 27.0. The Balaban J connectivity index is 1.54. The number of nitrogens with zero attached hydrogens (tertiary/aromatic N) is 5. The molecule has 2 saturated heterocycles. The zero-order valence-corrected chi connectivity index (χ0v) is 23.2. The summed E-state index contributed by atoms with van der Waals surface area (Å²) in [4.78, 5) is 28.2. The highest BCUT2D eigenvalue weighted by Crippen LogP contribution is 2.38. The first kappa shape index (κ1) is 27.1. The van der Waals surface area contributed by atoms with Gasteiger partial charge in [-0.05, 0) is 72.8 Å². The van der Waals surface area contributed by atoms with Crippen LogP contribution in [0.25, 0.3) is 0 Å². The number of nitrogens with one attached hydrogen (secondary N) is 3. The third kappa shape index (κ3) is 5.96. The number of likely N-dealkylation sites (tertiary alicyclic amines) is 1. The van der Waals surface area contributed by atoms with Crippen molar-refractivity contribution in [2.24, 2.45) is 0 Å². The quantitative estimate of drug-likeness (QED) is 0.542. The molecule has 0 saturated carbocycles. The highest BCUT2D eigenvalue weighted by atomic mass is 19.1. The van der Waals surface area contributed by atoms with E-state index in [0.29, 0.717) is 11.3 Å². The van der Waals surface area contributed by atoms with E-state index in [4.69, 9.17) is 0 Å². The minimum Gasteiger partial charge on any atom is -0.368 e. The van der Waals surface area contributed by atoms with E-state index in [1.807, 2.05) is 12.1 Å². The molecule has 1 aromatic carbocycles. The van der Waals surface area contributed by atoms with Gasteiger partial charge in [-0.1, -0.05) is 0 Å². The minimum absolute atomic E-state index is 0.0359. The third-order valence-corrected chi connectivity index (χ3v) is 7.96. The highest BCUT2D eigenvalue weighted by Gasteiger charge is 2.43. The van der Waals surface area contributed by atoms with Gasteiger partial charge in [0.15, 0.2) is 11.6 Å². The van der Waals surface area contributed by atoms with E-state index < -0.39 is 5.82 Å². The summed E-state index contributed by atoms with van der Waals surface area (Å²) in [5.74, 6) is -0.200. The lowest BCUT2D eigenvalue weighted by Gasteiger charge is -2.53. The molecule has 0 radical (unpaired) electrons. The summed E-state index contributed by atoms with van der Waals surface area (Å²) in [6.45, 7) is 12.4. The molecule has 9 nitrogen and oxygen atoms in total. The Morgan fingerprint density at radius 1 is 1.05 bits per heavy atom. The zero-order valence-electron chi connectivity index (χ0n) is 23.2. The first-order chi connectivity index (χ1) is 17.4. The van der Waals surface area contributed by atoms with Crippen molar-refractivity contribution in [2.75, 3.05) is 62.9 Å². The van der Waals surface area contributed by atoms with E-state index in [1.54, 1.807) is 13.1 Å². The Labute approximate surface area is 219 Å². The number of anilines is 4. The predicted molar refractivity (Wildman–Crippen MR) is 147 cm³/mol. The number of hydrogen-bond donors (Lipinski definition) is 3. The molecule has 2 aromatic rings. The van der Waals surface area contributed by atoms with Crippen molar-refractivity contribution in [1.29, 1.82) is 0 Å². The van der Waals surface area contributed by atoms with E-state index in [0.717, 1.165) is 44.7 Å². The second-order valence-electron chi connectivity index (χ2n) is 11.5. The molecule has 0 unspecified atom stereocenters. The number of carbonyl (C=O) groups excluding carboxylic acids is 1. The number of benzene rings is 1. The molecule has 0 aliphatic carbocycles. The smallest absolute Gasteiger partial charge is 0.253 e. The van der Waals surface area contributed by atoms with Gasteiger partial charge in [-0.3, -0.25) is 9.69 Å². The van der Waals surface area contributed by atoms with Crippen LogP contribution in [0.5, 0.6) is 0 Å². The summed E-state index contributed by atoms with van der Waals surface area (Å²) in [5, 5.41) is 9.24. The summed E-state index contributed by atoms with van der Waals surface area (Å²) in [6, 6.07) is 5.72. The average Bonchev–Trinajstić information content (AvgIpc) is 2.84. The molecule has 3 heterocycles. The lowest BCUT2D eigenvalue weighted by Crippen LogP contribution is -2.61. The van der Waals surface area contributed by atoms with Gasteiger partial charge in [0, 0.05) is 61.7 Å². The lowest BCUT2D eigenvalue weighted by molar-refractivity contribution is -0.00778. The van der Waals surface area contributed by atoms with Crippen molar-refractivity contribution >= 4 is 29.0 Å².